The molecule has 1 unspecified atom stereocenters. The van der Waals surface area contributed by atoms with Crippen molar-refractivity contribution >= 4 is 5.95 Å². The number of rotatable bonds is 3. The van der Waals surface area contributed by atoms with Gasteiger partial charge < -0.3 is 4.90 Å². The highest BCUT2D eigenvalue weighted by molar-refractivity contribution is 5.41. The zero-order valence-corrected chi connectivity index (χ0v) is 12.3. The number of halogens is 1. The van der Waals surface area contributed by atoms with Gasteiger partial charge in [0.25, 0.3) is 0 Å². The van der Waals surface area contributed by atoms with E-state index in [4.69, 9.17) is 0 Å². The van der Waals surface area contributed by atoms with E-state index in [9.17, 15) is 4.39 Å². The molecule has 114 valence electrons. The SMILES string of the molecule is Fc1cnccc1CN1CCC2(CCN2c2ncccn2)C1. The molecule has 2 aromatic rings. The Bertz CT molecular complexity index is 665. The first kappa shape index (κ1) is 13.6. The zero-order valence-electron chi connectivity index (χ0n) is 12.3. The molecule has 6 heteroatoms. The van der Waals surface area contributed by atoms with Gasteiger partial charge in [-0.05, 0) is 25.0 Å². The van der Waals surface area contributed by atoms with E-state index in [1.165, 1.54) is 6.20 Å². The van der Waals surface area contributed by atoms with Gasteiger partial charge in [0.2, 0.25) is 5.95 Å². The Hall–Kier alpha value is -2.08. The third kappa shape index (κ3) is 2.23. The fraction of sp³-hybridized carbons (Fsp3) is 0.438. The summed E-state index contributed by atoms with van der Waals surface area (Å²) in [4.78, 5) is 17.2. The van der Waals surface area contributed by atoms with Gasteiger partial charge in [-0.2, -0.15) is 0 Å². The maximum atomic E-state index is 13.8. The predicted octanol–water partition coefficient (Wildman–Crippen LogP) is 1.87. The van der Waals surface area contributed by atoms with Gasteiger partial charge in [0.15, 0.2) is 0 Å². The molecule has 2 aliphatic rings. The average Bonchev–Trinajstić information content (AvgIpc) is 2.96. The van der Waals surface area contributed by atoms with Gasteiger partial charge >= 0.3 is 0 Å². The van der Waals surface area contributed by atoms with Crippen molar-refractivity contribution in [3.63, 3.8) is 0 Å². The molecule has 0 bridgehead atoms. The Labute approximate surface area is 128 Å². The van der Waals surface area contributed by atoms with Crippen molar-refractivity contribution in [3.05, 3.63) is 48.3 Å². The molecule has 4 heterocycles. The van der Waals surface area contributed by atoms with Crippen LogP contribution in [0.4, 0.5) is 10.3 Å². The summed E-state index contributed by atoms with van der Waals surface area (Å²) in [6.45, 7) is 3.55. The van der Waals surface area contributed by atoms with Crippen LogP contribution in [0.15, 0.2) is 36.9 Å². The topological polar surface area (TPSA) is 45.2 Å². The lowest BCUT2D eigenvalue weighted by Gasteiger charge is -2.50. The third-order valence-electron chi connectivity index (χ3n) is 4.83. The normalized spacial score (nSPS) is 24.7. The summed E-state index contributed by atoms with van der Waals surface area (Å²) in [6, 6.07) is 3.60. The van der Waals surface area contributed by atoms with Crippen LogP contribution >= 0.6 is 0 Å². The van der Waals surface area contributed by atoms with Gasteiger partial charge in [0.1, 0.15) is 5.82 Å². The molecule has 1 spiro atoms. The van der Waals surface area contributed by atoms with E-state index in [2.05, 4.69) is 24.8 Å². The maximum Gasteiger partial charge on any atom is 0.225 e. The van der Waals surface area contributed by atoms with Crippen LogP contribution in [0.1, 0.15) is 18.4 Å². The van der Waals surface area contributed by atoms with Crippen molar-refractivity contribution < 1.29 is 4.39 Å². The summed E-state index contributed by atoms with van der Waals surface area (Å²) < 4.78 is 13.8. The van der Waals surface area contributed by atoms with Gasteiger partial charge in [0.05, 0.1) is 11.7 Å². The smallest absolute Gasteiger partial charge is 0.225 e. The molecule has 0 N–H and O–H groups in total. The van der Waals surface area contributed by atoms with Crippen LogP contribution in [0, 0.1) is 5.82 Å². The predicted molar refractivity (Wildman–Crippen MR) is 80.8 cm³/mol. The number of pyridine rings is 1. The number of aromatic nitrogens is 3. The van der Waals surface area contributed by atoms with Crippen LogP contribution in [0.25, 0.3) is 0 Å². The van der Waals surface area contributed by atoms with E-state index in [1.807, 2.05) is 6.07 Å². The van der Waals surface area contributed by atoms with Crippen LogP contribution in [0.3, 0.4) is 0 Å². The van der Waals surface area contributed by atoms with E-state index in [1.54, 1.807) is 24.7 Å². The molecule has 1 atom stereocenters. The molecule has 2 aromatic heterocycles. The average molecular weight is 299 g/mol. The quantitative estimate of drug-likeness (QED) is 0.866. The molecule has 2 aliphatic heterocycles. The van der Waals surface area contributed by atoms with Gasteiger partial charge in [0, 0.05) is 50.3 Å². The Kier molecular flexibility index (Phi) is 3.26. The summed E-state index contributed by atoms with van der Waals surface area (Å²) in [5.74, 6) is 0.589. The lowest BCUT2D eigenvalue weighted by molar-refractivity contribution is 0.242. The maximum absolute atomic E-state index is 13.8. The van der Waals surface area contributed by atoms with Crippen molar-refractivity contribution in [2.45, 2.75) is 24.9 Å². The molecule has 4 rings (SSSR count). The molecule has 0 amide bonds. The highest BCUT2D eigenvalue weighted by atomic mass is 19.1. The Balaban J connectivity index is 1.47. The molecule has 0 radical (unpaired) electrons. The van der Waals surface area contributed by atoms with Crippen LogP contribution in [-0.4, -0.2) is 45.0 Å². The monoisotopic (exact) mass is 299 g/mol. The number of anilines is 1. The van der Waals surface area contributed by atoms with Crippen LogP contribution in [0.5, 0.6) is 0 Å². The summed E-state index contributed by atoms with van der Waals surface area (Å²) in [5, 5.41) is 0. The van der Waals surface area contributed by atoms with Crippen molar-refractivity contribution in [1.29, 1.82) is 0 Å². The van der Waals surface area contributed by atoms with E-state index in [0.717, 1.165) is 38.4 Å². The minimum atomic E-state index is -0.222. The second-order valence-electron chi connectivity index (χ2n) is 6.10. The zero-order chi connectivity index (χ0) is 15.0. The lowest BCUT2D eigenvalue weighted by Crippen LogP contribution is -2.62. The standard InChI is InChI=1S/C16H18FN5/c17-14-10-18-7-2-13(14)11-21-8-3-16(12-21)4-9-22(16)15-19-5-1-6-20-15/h1-2,5-7,10H,3-4,8-9,11-12H2. The molecule has 22 heavy (non-hydrogen) atoms. The van der Waals surface area contributed by atoms with Gasteiger partial charge in [-0.25, -0.2) is 14.4 Å². The minimum absolute atomic E-state index is 0.130. The first-order valence-electron chi connectivity index (χ1n) is 7.62. The molecule has 0 saturated carbocycles. The Morgan fingerprint density at radius 2 is 1.95 bits per heavy atom. The Morgan fingerprint density at radius 3 is 2.68 bits per heavy atom. The van der Waals surface area contributed by atoms with Crippen molar-refractivity contribution in [3.8, 4) is 0 Å². The largest absolute Gasteiger partial charge is 0.334 e. The van der Waals surface area contributed by atoms with Crippen LogP contribution in [-0.2, 0) is 6.54 Å². The van der Waals surface area contributed by atoms with Crippen molar-refractivity contribution in [1.82, 2.24) is 19.9 Å². The minimum Gasteiger partial charge on any atom is -0.334 e. The number of likely N-dealkylation sites (tertiary alicyclic amines) is 1. The molecular formula is C16H18FN5. The summed E-state index contributed by atoms with van der Waals surface area (Å²) in [7, 11) is 0. The molecule has 0 aromatic carbocycles. The first-order valence-corrected chi connectivity index (χ1v) is 7.62. The fourth-order valence-electron chi connectivity index (χ4n) is 3.56. The van der Waals surface area contributed by atoms with Gasteiger partial charge in [-0.3, -0.25) is 9.88 Å². The van der Waals surface area contributed by atoms with E-state index >= 15 is 0 Å². The van der Waals surface area contributed by atoms with Crippen LogP contribution < -0.4 is 4.90 Å². The summed E-state index contributed by atoms with van der Waals surface area (Å²) in [6.07, 6.45) is 8.74. The van der Waals surface area contributed by atoms with Crippen LogP contribution in [0.2, 0.25) is 0 Å². The number of nitrogens with zero attached hydrogens (tertiary/aromatic N) is 5. The third-order valence-corrected chi connectivity index (χ3v) is 4.83. The molecule has 0 aliphatic carbocycles. The van der Waals surface area contributed by atoms with E-state index < -0.39 is 0 Å². The number of hydrogen-bond donors (Lipinski definition) is 0. The van der Waals surface area contributed by atoms with Gasteiger partial charge in [-0.1, -0.05) is 0 Å². The summed E-state index contributed by atoms with van der Waals surface area (Å²) in [5.41, 5.74) is 0.846. The molecule has 2 fully saturated rings. The highest BCUT2D eigenvalue weighted by Gasteiger charge is 2.50. The number of hydrogen-bond acceptors (Lipinski definition) is 5. The van der Waals surface area contributed by atoms with Crippen molar-refractivity contribution in [2.24, 2.45) is 0 Å². The molecule has 2 saturated heterocycles. The molecular weight excluding hydrogens is 281 g/mol. The second-order valence-corrected chi connectivity index (χ2v) is 6.10. The van der Waals surface area contributed by atoms with E-state index in [0.29, 0.717) is 12.1 Å². The highest BCUT2D eigenvalue weighted by Crippen LogP contribution is 2.41. The van der Waals surface area contributed by atoms with Crippen molar-refractivity contribution in [2.75, 3.05) is 24.5 Å². The molecule has 5 nitrogen and oxygen atoms in total. The van der Waals surface area contributed by atoms with Gasteiger partial charge in [-0.15, -0.1) is 0 Å². The first-order chi connectivity index (χ1) is 10.8. The Morgan fingerprint density at radius 1 is 1.14 bits per heavy atom. The summed E-state index contributed by atoms with van der Waals surface area (Å²) >= 11 is 0. The lowest BCUT2D eigenvalue weighted by atomic mass is 9.84. The second kappa shape index (κ2) is 5.28. The fourth-order valence-corrected chi connectivity index (χ4v) is 3.56. The van der Waals surface area contributed by atoms with E-state index in [-0.39, 0.29) is 11.4 Å².